The highest BCUT2D eigenvalue weighted by molar-refractivity contribution is 5.67. The van der Waals surface area contributed by atoms with Gasteiger partial charge in [0.05, 0.1) is 0 Å². The van der Waals surface area contributed by atoms with Crippen LogP contribution >= 0.6 is 0 Å². The van der Waals surface area contributed by atoms with Crippen LogP contribution in [0.4, 0.5) is 15.1 Å². The van der Waals surface area contributed by atoms with Gasteiger partial charge in [0.1, 0.15) is 24.8 Å². The van der Waals surface area contributed by atoms with Gasteiger partial charge in [0.15, 0.2) is 5.82 Å². The third kappa shape index (κ3) is 6.24. The van der Waals surface area contributed by atoms with Gasteiger partial charge in [0.2, 0.25) is 5.95 Å². The van der Waals surface area contributed by atoms with E-state index >= 15 is 0 Å². The fourth-order valence-electron chi connectivity index (χ4n) is 4.08. The predicted octanol–water partition coefficient (Wildman–Crippen LogP) is 4.16. The normalized spacial score (nSPS) is 15.7. The van der Waals surface area contributed by atoms with Crippen molar-refractivity contribution in [3.63, 3.8) is 0 Å². The van der Waals surface area contributed by atoms with Gasteiger partial charge in [0, 0.05) is 26.2 Å². The Morgan fingerprint density at radius 2 is 1.91 bits per heavy atom. The zero-order valence-corrected chi connectivity index (χ0v) is 19.3. The number of ether oxygens (including phenoxy) is 2. The fourth-order valence-corrected chi connectivity index (χ4v) is 4.08. The molecule has 0 saturated carbocycles. The number of rotatable bonds is 9. The number of halogens is 1. The number of alkyl carbamates (subject to hydrolysis) is 1. The van der Waals surface area contributed by atoms with Crippen molar-refractivity contribution in [2.45, 2.75) is 39.5 Å². The molecule has 2 heterocycles. The summed E-state index contributed by atoms with van der Waals surface area (Å²) in [6, 6.07) is 15.5. The standard InChI is InChI=1S/C25H30FN5O3/c1-2-31-23(18-33-22-12-10-21(26)11-13-22)28-29-24(31)30-14-6-9-20(16-30)15-27-25(32)34-17-19-7-4-3-5-8-19/h3-5,7-8,10-13,20H,2,6,9,14-18H2,1H3,(H,27,32). The molecule has 2 aromatic carbocycles. The maximum Gasteiger partial charge on any atom is 0.407 e. The molecule has 1 saturated heterocycles. The number of hydrogen-bond donors (Lipinski definition) is 1. The zero-order valence-electron chi connectivity index (χ0n) is 19.3. The molecule has 1 fully saturated rings. The molecule has 1 atom stereocenters. The Bertz CT molecular complexity index is 1060. The number of piperidine rings is 1. The molecular formula is C25H30FN5O3. The number of nitrogens with zero attached hydrogens (tertiary/aromatic N) is 4. The van der Waals surface area contributed by atoms with Gasteiger partial charge >= 0.3 is 6.09 Å². The second-order valence-electron chi connectivity index (χ2n) is 8.30. The highest BCUT2D eigenvalue weighted by atomic mass is 19.1. The Kier molecular flexibility index (Phi) is 7.95. The first-order chi connectivity index (χ1) is 16.6. The molecule has 0 spiro atoms. The quantitative estimate of drug-likeness (QED) is 0.509. The lowest BCUT2D eigenvalue weighted by Crippen LogP contribution is -2.42. The lowest BCUT2D eigenvalue weighted by Gasteiger charge is -2.33. The molecule has 34 heavy (non-hydrogen) atoms. The Morgan fingerprint density at radius 1 is 1.12 bits per heavy atom. The summed E-state index contributed by atoms with van der Waals surface area (Å²) in [6.07, 6.45) is 1.62. The molecule has 0 bridgehead atoms. The molecule has 1 amide bonds. The summed E-state index contributed by atoms with van der Waals surface area (Å²) in [5.41, 5.74) is 0.958. The molecular weight excluding hydrogens is 437 g/mol. The Labute approximate surface area is 198 Å². The molecule has 9 heteroatoms. The van der Waals surface area contributed by atoms with Gasteiger partial charge in [-0.05, 0) is 55.5 Å². The minimum absolute atomic E-state index is 0.249. The highest BCUT2D eigenvalue weighted by Crippen LogP contribution is 2.23. The molecule has 1 aliphatic rings. The lowest BCUT2D eigenvalue weighted by atomic mass is 9.98. The van der Waals surface area contributed by atoms with Gasteiger partial charge in [-0.1, -0.05) is 30.3 Å². The van der Waals surface area contributed by atoms with E-state index < -0.39 is 6.09 Å². The van der Waals surface area contributed by atoms with E-state index in [-0.39, 0.29) is 19.0 Å². The molecule has 4 rings (SSSR count). The first-order valence-corrected chi connectivity index (χ1v) is 11.6. The number of nitrogens with one attached hydrogen (secondary N) is 1. The van der Waals surface area contributed by atoms with E-state index in [4.69, 9.17) is 9.47 Å². The number of aromatic nitrogens is 3. The van der Waals surface area contributed by atoms with Crippen LogP contribution in [0.25, 0.3) is 0 Å². The van der Waals surface area contributed by atoms with Crippen molar-refractivity contribution in [3.05, 3.63) is 71.8 Å². The molecule has 1 unspecified atom stereocenters. The summed E-state index contributed by atoms with van der Waals surface area (Å²) >= 11 is 0. The summed E-state index contributed by atoms with van der Waals surface area (Å²) in [5, 5.41) is 11.6. The monoisotopic (exact) mass is 467 g/mol. The number of carbonyl (C=O) groups excluding carboxylic acids is 1. The molecule has 0 aliphatic carbocycles. The van der Waals surface area contributed by atoms with Gasteiger partial charge in [-0.3, -0.25) is 4.57 Å². The van der Waals surface area contributed by atoms with E-state index in [0.717, 1.165) is 37.4 Å². The largest absolute Gasteiger partial charge is 0.486 e. The topological polar surface area (TPSA) is 81.5 Å². The average molecular weight is 468 g/mol. The number of hydrogen-bond acceptors (Lipinski definition) is 6. The van der Waals surface area contributed by atoms with Crippen molar-refractivity contribution in [1.82, 2.24) is 20.1 Å². The van der Waals surface area contributed by atoms with E-state index in [9.17, 15) is 9.18 Å². The summed E-state index contributed by atoms with van der Waals surface area (Å²) in [6.45, 7) is 5.45. The van der Waals surface area contributed by atoms with Gasteiger partial charge in [-0.15, -0.1) is 10.2 Å². The van der Waals surface area contributed by atoms with Crippen molar-refractivity contribution in [2.75, 3.05) is 24.5 Å². The van der Waals surface area contributed by atoms with Crippen LogP contribution in [0.5, 0.6) is 5.75 Å². The Morgan fingerprint density at radius 3 is 2.68 bits per heavy atom. The van der Waals surface area contributed by atoms with Crippen molar-refractivity contribution in [1.29, 1.82) is 0 Å². The summed E-state index contributed by atoms with van der Waals surface area (Å²) in [5.74, 6) is 2.09. The van der Waals surface area contributed by atoms with E-state index in [1.54, 1.807) is 12.1 Å². The Hall–Kier alpha value is -3.62. The molecule has 3 aromatic rings. The maximum absolute atomic E-state index is 13.1. The van der Waals surface area contributed by atoms with E-state index in [1.165, 1.54) is 12.1 Å². The first kappa shape index (κ1) is 23.5. The number of carbonyl (C=O) groups is 1. The van der Waals surface area contributed by atoms with Crippen LogP contribution in [0, 0.1) is 11.7 Å². The summed E-state index contributed by atoms with van der Waals surface area (Å²) in [7, 11) is 0. The van der Waals surface area contributed by atoms with Crippen LogP contribution < -0.4 is 15.0 Å². The molecule has 1 aliphatic heterocycles. The summed E-state index contributed by atoms with van der Waals surface area (Å²) in [4.78, 5) is 14.3. The van der Waals surface area contributed by atoms with Crippen LogP contribution in [-0.2, 0) is 24.5 Å². The molecule has 1 N–H and O–H groups in total. The number of benzene rings is 2. The second kappa shape index (κ2) is 11.5. The molecule has 1 aromatic heterocycles. The summed E-state index contributed by atoms with van der Waals surface area (Å²) < 4.78 is 26.2. The van der Waals surface area contributed by atoms with Crippen LogP contribution in [0.1, 0.15) is 31.2 Å². The van der Waals surface area contributed by atoms with Crippen LogP contribution in [0.2, 0.25) is 0 Å². The first-order valence-electron chi connectivity index (χ1n) is 11.6. The SMILES string of the molecule is CCn1c(COc2ccc(F)cc2)nnc1N1CCCC(CNC(=O)OCc2ccccc2)C1. The van der Waals surface area contributed by atoms with Gasteiger partial charge < -0.3 is 19.7 Å². The molecule has 180 valence electrons. The third-order valence-corrected chi connectivity index (χ3v) is 5.86. The fraction of sp³-hybridized carbons (Fsp3) is 0.400. The lowest BCUT2D eigenvalue weighted by molar-refractivity contribution is 0.137. The van der Waals surface area contributed by atoms with Crippen LogP contribution in [0.3, 0.4) is 0 Å². The Balaban J connectivity index is 1.29. The number of amides is 1. The van der Waals surface area contributed by atoms with Gasteiger partial charge in [0.25, 0.3) is 0 Å². The minimum Gasteiger partial charge on any atom is -0.486 e. The van der Waals surface area contributed by atoms with E-state index in [0.29, 0.717) is 30.6 Å². The van der Waals surface area contributed by atoms with Gasteiger partial charge in [-0.25, -0.2) is 9.18 Å². The molecule has 0 radical (unpaired) electrons. The zero-order chi connectivity index (χ0) is 23.8. The van der Waals surface area contributed by atoms with Crippen molar-refractivity contribution >= 4 is 12.0 Å². The van der Waals surface area contributed by atoms with Crippen molar-refractivity contribution in [2.24, 2.45) is 5.92 Å². The van der Waals surface area contributed by atoms with Crippen LogP contribution in [0.15, 0.2) is 54.6 Å². The third-order valence-electron chi connectivity index (χ3n) is 5.86. The van der Waals surface area contributed by atoms with Crippen molar-refractivity contribution in [3.8, 4) is 5.75 Å². The second-order valence-corrected chi connectivity index (χ2v) is 8.30. The smallest absolute Gasteiger partial charge is 0.407 e. The predicted molar refractivity (Wildman–Crippen MR) is 126 cm³/mol. The van der Waals surface area contributed by atoms with Crippen molar-refractivity contribution < 1.29 is 18.7 Å². The average Bonchev–Trinajstić information content (AvgIpc) is 3.29. The number of anilines is 1. The van der Waals surface area contributed by atoms with E-state index in [2.05, 4.69) is 20.4 Å². The van der Waals surface area contributed by atoms with Gasteiger partial charge in [-0.2, -0.15) is 0 Å². The van der Waals surface area contributed by atoms with Crippen LogP contribution in [-0.4, -0.2) is 40.5 Å². The van der Waals surface area contributed by atoms with E-state index in [1.807, 2.05) is 41.8 Å². The molecule has 8 nitrogen and oxygen atoms in total. The maximum atomic E-state index is 13.1. The minimum atomic E-state index is -0.405. The highest BCUT2D eigenvalue weighted by Gasteiger charge is 2.25.